The van der Waals surface area contributed by atoms with Gasteiger partial charge in [0.1, 0.15) is 6.73 Å². The third-order valence-electron chi connectivity index (χ3n) is 1.45. The van der Waals surface area contributed by atoms with Crippen LogP contribution in [0.15, 0.2) is 24.3 Å². The molecule has 1 aromatic rings. The van der Waals surface area contributed by atoms with Crippen LogP contribution >= 0.6 is 8.69 Å². The molecule has 1 rings (SSSR count). The van der Waals surface area contributed by atoms with E-state index in [0.29, 0.717) is 0 Å². The summed E-state index contributed by atoms with van der Waals surface area (Å²) in [7, 11) is -0.297. The van der Waals surface area contributed by atoms with Crippen molar-refractivity contribution in [3.05, 3.63) is 29.8 Å². The van der Waals surface area contributed by atoms with Gasteiger partial charge in [-0.05, 0) is 19.1 Å². The van der Waals surface area contributed by atoms with Crippen molar-refractivity contribution in [2.24, 2.45) is 0 Å². The minimum Gasteiger partial charge on any atom is -0.362 e. The van der Waals surface area contributed by atoms with Crippen LogP contribution in [0.1, 0.15) is 5.56 Å². The van der Waals surface area contributed by atoms with Crippen LogP contribution < -0.4 is 5.32 Å². The lowest BCUT2D eigenvalue weighted by Crippen LogP contribution is -2.00. The Morgan fingerprint density at radius 3 is 2.67 bits per heavy atom. The molecule has 0 aliphatic carbocycles. The maximum atomic E-state index is 9.88. The van der Waals surface area contributed by atoms with Gasteiger partial charge >= 0.3 is 8.69 Å². The van der Waals surface area contributed by atoms with E-state index in [1.165, 1.54) is 5.56 Å². The SMILES string of the molecule is Cc1ccc(NCOP=O)cc1. The topological polar surface area (TPSA) is 38.3 Å². The Balaban J connectivity index is 2.42. The monoisotopic (exact) mass is 183 g/mol. The average Bonchev–Trinajstić information content (AvgIpc) is 2.09. The first kappa shape index (κ1) is 9.17. The van der Waals surface area contributed by atoms with Crippen LogP contribution in [-0.2, 0) is 9.09 Å². The Kier molecular flexibility index (Phi) is 3.71. The lowest BCUT2D eigenvalue weighted by molar-refractivity contribution is 0.372. The summed E-state index contributed by atoms with van der Waals surface area (Å²) in [5.74, 6) is 0. The van der Waals surface area contributed by atoms with E-state index in [0.717, 1.165) is 5.69 Å². The summed E-state index contributed by atoms with van der Waals surface area (Å²) in [4.78, 5) is 0. The molecule has 0 heterocycles. The molecule has 0 unspecified atom stereocenters. The summed E-state index contributed by atoms with van der Waals surface area (Å²) in [5, 5.41) is 2.94. The fourth-order valence-electron chi connectivity index (χ4n) is 0.813. The molecule has 0 atom stereocenters. The number of benzene rings is 1. The van der Waals surface area contributed by atoms with Gasteiger partial charge in [0.2, 0.25) is 0 Å². The first-order valence-electron chi connectivity index (χ1n) is 3.58. The van der Waals surface area contributed by atoms with Gasteiger partial charge in [-0.15, -0.1) is 0 Å². The number of hydrogen-bond acceptors (Lipinski definition) is 3. The average molecular weight is 183 g/mol. The summed E-state index contributed by atoms with van der Waals surface area (Å²) in [6, 6.07) is 7.88. The predicted octanol–water partition coefficient (Wildman–Crippen LogP) is 2.59. The zero-order chi connectivity index (χ0) is 8.81. The van der Waals surface area contributed by atoms with E-state index in [1.54, 1.807) is 0 Å². The van der Waals surface area contributed by atoms with Crippen LogP contribution in [0.5, 0.6) is 0 Å². The molecule has 0 aromatic heterocycles. The molecule has 64 valence electrons. The molecule has 0 fully saturated rings. The third kappa shape index (κ3) is 2.99. The molecule has 0 aliphatic heterocycles. The zero-order valence-corrected chi connectivity index (χ0v) is 7.67. The van der Waals surface area contributed by atoms with E-state index in [9.17, 15) is 4.57 Å². The molecule has 0 bridgehead atoms. The molecule has 0 spiro atoms. The molecule has 3 nitrogen and oxygen atoms in total. The number of rotatable bonds is 4. The normalized spacial score (nSPS) is 10.1. The van der Waals surface area contributed by atoms with Crippen LogP contribution in [0.2, 0.25) is 0 Å². The molecule has 1 N–H and O–H groups in total. The number of aryl methyl sites for hydroxylation is 1. The van der Waals surface area contributed by atoms with Gasteiger partial charge in [0, 0.05) is 5.69 Å². The number of anilines is 1. The maximum Gasteiger partial charge on any atom is 0.329 e. The molecule has 0 radical (unpaired) electrons. The fraction of sp³-hybridized carbons (Fsp3) is 0.250. The quantitative estimate of drug-likeness (QED) is 0.443. The minimum atomic E-state index is -0.297. The lowest BCUT2D eigenvalue weighted by Gasteiger charge is -2.02. The third-order valence-corrected chi connectivity index (χ3v) is 1.68. The molecule has 0 saturated heterocycles. The van der Waals surface area contributed by atoms with Crippen molar-refractivity contribution in [1.29, 1.82) is 0 Å². The van der Waals surface area contributed by atoms with E-state index >= 15 is 0 Å². The summed E-state index contributed by atoms with van der Waals surface area (Å²) in [6.07, 6.45) is 0. The highest BCUT2D eigenvalue weighted by molar-refractivity contribution is 7.17. The van der Waals surface area contributed by atoms with Gasteiger partial charge in [0.05, 0.1) is 0 Å². The van der Waals surface area contributed by atoms with Gasteiger partial charge in [0.15, 0.2) is 0 Å². The van der Waals surface area contributed by atoms with Crippen LogP contribution in [0.4, 0.5) is 5.69 Å². The molecule has 0 aliphatic rings. The molecular formula is C8H10NO2P. The Morgan fingerprint density at radius 2 is 2.08 bits per heavy atom. The second-order valence-corrected chi connectivity index (χ2v) is 2.80. The van der Waals surface area contributed by atoms with Crippen LogP contribution in [0.25, 0.3) is 0 Å². The van der Waals surface area contributed by atoms with Crippen LogP contribution in [-0.4, -0.2) is 6.73 Å². The van der Waals surface area contributed by atoms with Crippen molar-refractivity contribution in [2.45, 2.75) is 6.92 Å². The molecule has 0 saturated carbocycles. The first-order valence-corrected chi connectivity index (χ1v) is 4.31. The summed E-state index contributed by atoms with van der Waals surface area (Å²) in [6.45, 7) is 2.28. The van der Waals surface area contributed by atoms with Crippen molar-refractivity contribution >= 4 is 14.4 Å². The van der Waals surface area contributed by atoms with Gasteiger partial charge in [-0.1, -0.05) is 17.7 Å². The Hall–Kier alpha value is -0.920. The zero-order valence-electron chi connectivity index (χ0n) is 6.78. The summed E-state index contributed by atoms with van der Waals surface area (Å²) in [5.41, 5.74) is 2.17. The number of hydrogen-bond donors (Lipinski definition) is 1. The van der Waals surface area contributed by atoms with Gasteiger partial charge in [-0.2, -0.15) is 0 Å². The highest BCUT2D eigenvalue weighted by Gasteiger charge is 1.89. The largest absolute Gasteiger partial charge is 0.362 e. The van der Waals surface area contributed by atoms with Crippen molar-refractivity contribution < 1.29 is 9.09 Å². The second-order valence-electron chi connectivity index (χ2n) is 2.39. The highest BCUT2D eigenvalue weighted by Crippen LogP contribution is 2.08. The van der Waals surface area contributed by atoms with E-state index in [-0.39, 0.29) is 15.4 Å². The summed E-state index contributed by atoms with van der Waals surface area (Å²) >= 11 is 0. The first-order chi connectivity index (χ1) is 5.83. The van der Waals surface area contributed by atoms with Crippen molar-refractivity contribution in [2.75, 3.05) is 12.0 Å². The van der Waals surface area contributed by atoms with Crippen LogP contribution in [0.3, 0.4) is 0 Å². The highest BCUT2D eigenvalue weighted by atomic mass is 31.1. The Bertz CT molecular complexity index is 248. The van der Waals surface area contributed by atoms with Gasteiger partial charge in [-0.25, -0.2) is 4.57 Å². The lowest BCUT2D eigenvalue weighted by atomic mass is 10.2. The summed E-state index contributed by atoms with van der Waals surface area (Å²) < 4.78 is 14.5. The Labute approximate surface area is 73.0 Å². The van der Waals surface area contributed by atoms with Crippen molar-refractivity contribution in [1.82, 2.24) is 0 Å². The van der Waals surface area contributed by atoms with Gasteiger partial charge in [0.25, 0.3) is 0 Å². The van der Waals surface area contributed by atoms with Gasteiger partial charge in [-0.3, -0.25) is 4.52 Å². The van der Waals surface area contributed by atoms with E-state index < -0.39 is 0 Å². The Morgan fingerprint density at radius 1 is 1.42 bits per heavy atom. The standard InChI is InChI=1S/C8H10NO2P/c1-7-2-4-8(5-3-7)9-6-11-12-10/h2-5,9H,6H2,1H3. The molecular weight excluding hydrogens is 173 g/mol. The molecule has 0 amide bonds. The van der Waals surface area contributed by atoms with E-state index in [4.69, 9.17) is 0 Å². The fourth-order valence-corrected chi connectivity index (χ4v) is 0.931. The minimum absolute atomic E-state index is 0.258. The molecule has 12 heavy (non-hydrogen) atoms. The predicted molar refractivity (Wildman–Crippen MR) is 48.4 cm³/mol. The smallest absolute Gasteiger partial charge is 0.329 e. The van der Waals surface area contributed by atoms with Crippen molar-refractivity contribution in [3.63, 3.8) is 0 Å². The van der Waals surface area contributed by atoms with Crippen molar-refractivity contribution in [3.8, 4) is 0 Å². The number of nitrogens with one attached hydrogen (secondary N) is 1. The second kappa shape index (κ2) is 4.86. The maximum absolute atomic E-state index is 9.88. The molecule has 4 heteroatoms. The van der Waals surface area contributed by atoms with E-state index in [2.05, 4.69) is 9.84 Å². The van der Waals surface area contributed by atoms with Crippen LogP contribution in [0, 0.1) is 6.92 Å². The molecule has 1 aromatic carbocycles. The van der Waals surface area contributed by atoms with E-state index in [1.807, 2.05) is 31.2 Å². The van der Waals surface area contributed by atoms with Gasteiger partial charge < -0.3 is 5.32 Å².